The van der Waals surface area contributed by atoms with Gasteiger partial charge in [-0.25, -0.2) is 0 Å². The summed E-state index contributed by atoms with van der Waals surface area (Å²) in [6.07, 6.45) is 1.65. The van der Waals surface area contributed by atoms with E-state index >= 15 is 0 Å². The van der Waals surface area contributed by atoms with Crippen LogP contribution in [0, 0.1) is 0 Å². The third-order valence-corrected chi connectivity index (χ3v) is 2.65. The summed E-state index contributed by atoms with van der Waals surface area (Å²) in [6.45, 7) is 4.53. The number of hydrogen-bond donors (Lipinski definition) is 1. The molecule has 2 rings (SSSR count). The number of carbonyl (C=O) groups excluding carboxylic acids is 1. The van der Waals surface area contributed by atoms with Gasteiger partial charge in [-0.1, -0.05) is 6.07 Å². The molecule has 0 aliphatic carbocycles. The average molecular weight is 205 g/mol. The molecule has 0 unspecified atom stereocenters. The number of aromatic nitrogens is 1. The Kier molecular flexibility index (Phi) is 2.97. The van der Waals surface area contributed by atoms with Gasteiger partial charge in [0, 0.05) is 31.9 Å². The van der Waals surface area contributed by atoms with E-state index in [1.54, 1.807) is 12.3 Å². The predicted molar refractivity (Wildman–Crippen MR) is 57.6 cm³/mol. The molecule has 0 spiro atoms. The van der Waals surface area contributed by atoms with Crippen molar-refractivity contribution in [3.63, 3.8) is 0 Å². The van der Waals surface area contributed by atoms with Crippen molar-refractivity contribution >= 4 is 5.91 Å². The molecule has 2 heterocycles. The molecule has 1 aliphatic heterocycles. The molecule has 1 aromatic rings. The molecule has 4 heteroatoms. The van der Waals surface area contributed by atoms with E-state index < -0.39 is 0 Å². The summed E-state index contributed by atoms with van der Waals surface area (Å²) in [5.74, 6) is 0.0320. The normalized spacial score (nSPS) is 21.4. The molecule has 1 aliphatic rings. The lowest BCUT2D eigenvalue weighted by Gasteiger charge is -2.33. The van der Waals surface area contributed by atoms with Crippen LogP contribution in [-0.2, 0) is 0 Å². The van der Waals surface area contributed by atoms with Crippen LogP contribution in [0.3, 0.4) is 0 Å². The Morgan fingerprint density at radius 1 is 1.60 bits per heavy atom. The third kappa shape index (κ3) is 2.15. The van der Waals surface area contributed by atoms with Crippen LogP contribution in [0.4, 0.5) is 0 Å². The van der Waals surface area contributed by atoms with Crippen molar-refractivity contribution in [3.05, 3.63) is 30.1 Å². The molecular weight excluding hydrogens is 190 g/mol. The molecule has 1 N–H and O–H groups in total. The summed E-state index contributed by atoms with van der Waals surface area (Å²) >= 11 is 0. The van der Waals surface area contributed by atoms with E-state index in [-0.39, 0.29) is 11.9 Å². The summed E-state index contributed by atoms with van der Waals surface area (Å²) in [7, 11) is 0. The van der Waals surface area contributed by atoms with Gasteiger partial charge in [-0.05, 0) is 19.1 Å². The van der Waals surface area contributed by atoms with Crippen molar-refractivity contribution < 1.29 is 4.79 Å². The first-order valence-corrected chi connectivity index (χ1v) is 5.22. The molecule has 1 saturated heterocycles. The maximum Gasteiger partial charge on any atom is 0.272 e. The lowest BCUT2D eigenvalue weighted by Crippen LogP contribution is -2.52. The predicted octanol–water partition coefficient (Wildman–Crippen LogP) is 0.515. The molecule has 4 nitrogen and oxygen atoms in total. The first-order chi connectivity index (χ1) is 7.29. The molecule has 1 aromatic heterocycles. The summed E-state index contributed by atoms with van der Waals surface area (Å²) in [6, 6.07) is 5.66. The van der Waals surface area contributed by atoms with Crippen LogP contribution in [0.25, 0.3) is 0 Å². The Labute approximate surface area is 89.3 Å². The van der Waals surface area contributed by atoms with Gasteiger partial charge in [0.25, 0.3) is 5.91 Å². The van der Waals surface area contributed by atoms with Crippen LogP contribution in [0.15, 0.2) is 24.4 Å². The number of carbonyl (C=O) groups is 1. The van der Waals surface area contributed by atoms with Crippen molar-refractivity contribution in [2.24, 2.45) is 0 Å². The summed E-state index contributed by atoms with van der Waals surface area (Å²) in [5, 5.41) is 3.26. The van der Waals surface area contributed by atoms with Crippen LogP contribution in [0.1, 0.15) is 17.4 Å². The minimum atomic E-state index is 0.0320. The van der Waals surface area contributed by atoms with Crippen LogP contribution < -0.4 is 5.32 Å². The molecule has 0 bridgehead atoms. The van der Waals surface area contributed by atoms with Gasteiger partial charge in [-0.15, -0.1) is 0 Å². The fraction of sp³-hybridized carbons (Fsp3) is 0.455. The van der Waals surface area contributed by atoms with Crippen LogP contribution in [-0.4, -0.2) is 41.5 Å². The van der Waals surface area contributed by atoms with Gasteiger partial charge in [0.2, 0.25) is 0 Å². The second-order valence-electron chi connectivity index (χ2n) is 3.77. The number of piperazine rings is 1. The van der Waals surface area contributed by atoms with Gasteiger partial charge in [-0.3, -0.25) is 9.78 Å². The summed E-state index contributed by atoms with van der Waals surface area (Å²) < 4.78 is 0. The maximum absolute atomic E-state index is 12.0. The van der Waals surface area contributed by atoms with Crippen molar-refractivity contribution in [3.8, 4) is 0 Å². The van der Waals surface area contributed by atoms with Gasteiger partial charge in [-0.2, -0.15) is 0 Å². The summed E-state index contributed by atoms with van der Waals surface area (Å²) in [5.41, 5.74) is 0.534. The number of amides is 1. The van der Waals surface area contributed by atoms with Gasteiger partial charge < -0.3 is 10.2 Å². The van der Waals surface area contributed by atoms with Gasteiger partial charge in [0.05, 0.1) is 0 Å². The van der Waals surface area contributed by atoms with Crippen molar-refractivity contribution in [2.75, 3.05) is 19.6 Å². The van der Waals surface area contributed by atoms with E-state index in [2.05, 4.69) is 10.3 Å². The number of nitrogens with zero attached hydrogens (tertiary/aromatic N) is 2. The van der Waals surface area contributed by atoms with E-state index in [0.717, 1.165) is 19.6 Å². The first-order valence-electron chi connectivity index (χ1n) is 5.22. The smallest absolute Gasteiger partial charge is 0.272 e. The highest BCUT2D eigenvalue weighted by atomic mass is 16.2. The zero-order valence-corrected chi connectivity index (χ0v) is 8.81. The standard InChI is InChI=1S/C11H15N3O/c1-9-8-12-6-7-14(9)11(15)10-4-2-3-5-13-10/h2-5,9,12H,6-8H2,1H3/t9-/m1/s1. The fourth-order valence-corrected chi connectivity index (χ4v) is 1.78. The van der Waals surface area contributed by atoms with Gasteiger partial charge in [0.1, 0.15) is 5.69 Å². The third-order valence-electron chi connectivity index (χ3n) is 2.65. The minimum absolute atomic E-state index is 0.0320. The zero-order valence-electron chi connectivity index (χ0n) is 8.81. The molecular formula is C11H15N3O. The minimum Gasteiger partial charge on any atom is -0.332 e. The molecule has 0 radical (unpaired) electrons. The Morgan fingerprint density at radius 2 is 2.47 bits per heavy atom. The Hall–Kier alpha value is -1.42. The molecule has 15 heavy (non-hydrogen) atoms. The highest BCUT2D eigenvalue weighted by Crippen LogP contribution is 2.07. The average Bonchev–Trinajstić information content (AvgIpc) is 2.30. The second-order valence-corrected chi connectivity index (χ2v) is 3.77. The highest BCUT2D eigenvalue weighted by molar-refractivity contribution is 5.92. The largest absolute Gasteiger partial charge is 0.332 e. The van der Waals surface area contributed by atoms with E-state index in [1.807, 2.05) is 24.0 Å². The topological polar surface area (TPSA) is 45.2 Å². The molecule has 0 aromatic carbocycles. The van der Waals surface area contributed by atoms with E-state index in [9.17, 15) is 4.79 Å². The lowest BCUT2D eigenvalue weighted by atomic mass is 10.2. The molecule has 0 saturated carbocycles. The molecule has 1 amide bonds. The number of hydrogen-bond acceptors (Lipinski definition) is 3. The van der Waals surface area contributed by atoms with Crippen molar-refractivity contribution in [1.82, 2.24) is 15.2 Å². The van der Waals surface area contributed by atoms with Gasteiger partial charge >= 0.3 is 0 Å². The first kappa shape index (κ1) is 10.1. The zero-order chi connectivity index (χ0) is 10.7. The van der Waals surface area contributed by atoms with E-state index in [0.29, 0.717) is 5.69 Å². The number of pyridine rings is 1. The Balaban J connectivity index is 2.13. The Morgan fingerprint density at radius 3 is 3.13 bits per heavy atom. The molecule has 1 atom stereocenters. The van der Waals surface area contributed by atoms with Crippen LogP contribution >= 0.6 is 0 Å². The van der Waals surface area contributed by atoms with Crippen LogP contribution in [0.5, 0.6) is 0 Å². The van der Waals surface area contributed by atoms with Crippen molar-refractivity contribution in [2.45, 2.75) is 13.0 Å². The SMILES string of the molecule is C[C@@H]1CNCCN1C(=O)c1ccccn1. The number of rotatable bonds is 1. The van der Waals surface area contributed by atoms with Crippen molar-refractivity contribution in [1.29, 1.82) is 0 Å². The van der Waals surface area contributed by atoms with E-state index in [1.165, 1.54) is 0 Å². The lowest BCUT2D eigenvalue weighted by molar-refractivity contribution is 0.0649. The second kappa shape index (κ2) is 4.40. The number of nitrogens with one attached hydrogen (secondary N) is 1. The van der Waals surface area contributed by atoms with E-state index in [4.69, 9.17) is 0 Å². The highest BCUT2D eigenvalue weighted by Gasteiger charge is 2.24. The molecule has 1 fully saturated rings. The Bertz CT molecular complexity index is 339. The quantitative estimate of drug-likeness (QED) is 0.727. The maximum atomic E-state index is 12.0. The van der Waals surface area contributed by atoms with Crippen LogP contribution in [0.2, 0.25) is 0 Å². The van der Waals surface area contributed by atoms with Gasteiger partial charge in [0.15, 0.2) is 0 Å². The molecule has 80 valence electrons. The fourth-order valence-electron chi connectivity index (χ4n) is 1.78. The monoisotopic (exact) mass is 205 g/mol. The summed E-state index contributed by atoms with van der Waals surface area (Å²) in [4.78, 5) is 18.0.